The Kier molecular flexibility index (Phi) is 6.58. The fourth-order valence-electron chi connectivity index (χ4n) is 9.39. The van der Waals surface area contributed by atoms with E-state index in [2.05, 4.69) is 63.6 Å². The summed E-state index contributed by atoms with van der Waals surface area (Å²) < 4.78 is 13.3. The van der Waals surface area contributed by atoms with Gasteiger partial charge >= 0.3 is 0 Å². The highest BCUT2D eigenvalue weighted by atomic mass is 79.9. The van der Waals surface area contributed by atoms with Crippen molar-refractivity contribution in [1.82, 2.24) is 0 Å². The predicted octanol–water partition coefficient (Wildman–Crippen LogP) is 7.70. The number of fused-ring (bicyclic) bond motifs is 5. The largest absolute Gasteiger partial charge is 0.414 e. The second-order valence-corrected chi connectivity index (χ2v) is 20.9. The fraction of sp³-hybridized carbons (Fsp3) is 1.00. The average Bonchev–Trinajstić information content (AvgIpc) is 3.37. The Morgan fingerprint density at radius 3 is 2.29 bits per heavy atom. The van der Waals surface area contributed by atoms with Gasteiger partial charge in [0, 0.05) is 17.5 Å². The fourth-order valence-corrected chi connectivity index (χ4v) is 11.6. The summed E-state index contributed by atoms with van der Waals surface area (Å²) in [5.74, 6) is 2.40. The van der Waals surface area contributed by atoms with Crippen molar-refractivity contribution >= 4 is 24.2 Å². The first-order valence-electron chi connectivity index (χ1n) is 14.4. The summed E-state index contributed by atoms with van der Waals surface area (Å²) in [5.41, 5.74) is -0.113. The summed E-state index contributed by atoms with van der Waals surface area (Å²) in [6.07, 6.45) is 12.1. The monoisotopic (exact) mass is 554 g/mol. The summed E-state index contributed by atoms with van der Waals surface area (Å²) in [5, 5.41) is 13.0. The summed E-state index contributed by atoms with van der Waals surface area (Å²) in [6.45, 7) is 17.8. The highest BCUT2D eigenvalue weighted by molar-refractivity contribution is 9.09. The minimum atomic E-state index is -1.84. The van der Waals surface area contributed by atoms with Crippen LogP contribution in [0.2, 0.25) is 18.1 Å². The molecule has 3 unspecified atom stereocenters. The molecular formula is C29H51BrO3Si. The lowest BCUT2D eigenvalue weighted by molar-refractivity contribution is -0.244. The van der Waals surface area contributed by atoms with Crippen LogP contribution in [0.3, 0.4) is 0 Å². The molecule has 0 spiro atoms. The van der Waals surface area contributed by atoms with Crippen LogP contribution in [0, 0.1) is 34.5 Å². The SMILES string of the molecule is CC(C)(C)[Si](C)(C)O[C@H]1CC[C@@]2(C)C(C1)C(O)(C1CCCO1)C[C@H]1[C@@H]3CC[C@H](Br)[C@@]3(C)CC[C@@H]12. The lowest BCUT2D eigenvalue weighted by Crippen LogP contribution is -2.67. The lowest BCUT2D eigenvalue weighted by Gasteiger charge is -2.66. The molecule has 1 aliphatic heterocycles. The molecule has 0 bridgehead atoms. The van der Waals surface area contributed by atoms with Gasteiger partial charge in [-0.3, -0.25) is 0 Å². The summed E-state index contributed by atoms with van der Waals surface area (Å²) in [7, 11) is -1.84. The van der Waals surface area contributed by atoms with Crippen molar-refractivity contribution < 1.29 is 14.3 Å². The third kappa shape index (κ3) is 3.87. The van der Waals surface area contributed by atoms with Crippen LogP contribution >= 0.6 is 15.9 Å². The van der Waals surface area contributed by atoms with Gasteiger partial charge < -0.3 is 14.3 Å². The summed E-state index contributed by atoms with van der Waals surface area (Å²) >= 11 is 4.08. The zero-order valence-corrected chi connectivity index (χ0v) is 25.5. The Labute approximate surface area is 218 Å². The number of alkyl halides is 1. The van der Waals surface area contributed by atoms with E-state index in [1.165, 1.54) is 32.1 Å². The molecule has 1 saturated heterocycles. The third-order valence-electron chi connectivity index (χ3n) is 12.4. The van der Waals surface area contributed by atoms with Crippen molar-refractivity contribution in [2.75, 3.05) is 6.61 Å². The second-order valence-electron chi connectivity index (χ2n) is 15.0. The van der Waals surface area contributed by atoms with Gasteiger partial charge in [0.15, 0.2) is 8.32 Å². The topological polar surface area (TPSA) is 38.7 Å². The van der Waals surface area contributed by atoms with Gasteiger partial charge in [0.2, 0.25) is 0 Å². The molecule has 5 heteroatoms. The van der Waals surface area contributed by atoms with Crippen LogP contribution < -0.4 is 0 Å². The maximum atomic E-state index is 12.7. The number of halogens is 1. The molecule has 5 rings (SSSR count). The molecule has 5 aliphatic rings. The zero-order valence-electron chi connectivity index (χ0n) is 23.0. The first-order chi connectivity index (χ1) is 15.7. The molecule has 34 heavy (non-hydrogen) atoms. The average molecular weight is 556 g/mol. The number of hydrogen-bond donors (Lipinski definition) is 1. The van der Waals surface area contributed by atoms with Crippen molar-refractivity contribution in [2.45, 2.75) is 140 Å². The predicted molar refractivity (Wildman–Crippen MR) is 146 cm³/mol. The van der Waals surface area contributed by atoms with Crippen LogP contribution in [0.4, 0.5) is 0 Å². The molecule has 1 N–H and O–H groups in total. The van der Waals surface area contributed by atoms with Crippen LogP contribution in [-0.2, 0) is 9.16 Å². The Hall–Kier alpha value is 0.577. The van der Waals surface area contributed by atoms with E-state index in [1.807, 2.05) is 0 Å². The van der Waals surface area contributed by atoms with Crippen LogP contribution in [0.25, 0.3) is 0 Å². The van der Waals surface area contributed by atoms with Crippen molar-refractivity contribution in [1.29, 1.82) is 0 Å². The van der Waals surface area contributed by atoms with E-state index in [4.69, 9.17) is 9.16 Å². The van der Waals surface area contributed by atoms with Crippen LogP contribution in [0.5, 0.6) is 0 Å². The van der Waals surface area contributed by atoms with E-state index in [9.17, 15) is 5.11 Å². The van der Waals surface area contributed by atoms with Gasteiger partial charge in [0.25, 0.3) is 0 Å². The normalized spacial score (nSPS) is 51.6. The van der Waals surface area contributed by atoms with Gasteiger partial charge in [-0.1, -0.05) is 50.5 Å². The number of hydrogen-bond acceptors (Lipinski definition) is 3. The van der Waals surface area contributed by atoms with Crippen molar-refractivity contribution in [2.24, 2.45) is 34.5 Å². The van der Waals surface area contributed by atoms with Crippen molar-refractivity contribution in [3.05, 3.63) is 0 Å². The molecule has 0 aromatic carbocycles. The van der Waals surface area contributed by atoms with Crippen LogP contribution in [0.15, 0.2) is 0 Å². The van der Waals surface area contributed by atoms with Gasteiger partial charge in [0.1, 0.15) is 0 Å². The maximum absolute atomic E-state index is 12.7. The Bertz CT molecular complexity index is 776. The first-order valence-corrected chi connectivity index (χ1v) is 18.2. The van der Waals surface area contributed by atoms with E-state index < -0.39 is 13.9 Å². The molecule has 196 valence electrons. The molecule has 5 fully saturated rings. The molecule has 0 aromatic rings. The van der Waals surface area contributed by atoms with E-state index in [1.54, 1.807) is 0 Å². The molecule has 0 amide bonds. The van der Waals surface area contributed by atoms with Crippen LogP contribution in [0.1, 0.15) is 98.8 Å². The van der Waals surface area contributed by atoms with E-state index in [0.717, 1.165) is 50.5 Å². The quantitative estimate of drug-likeness (QED) is 0.286. The van der Waals surface area contributed by atoms with Gasteiger partial charge in [0.05, 0.1) is 11.7 Å². The smallest absolute Gasteiger partial charge is 0.192 e. The molecule has 4 saturated carbocycles. The van der Waals surface area contributed by atoms with Gasteiger partial charge in [-0.2, -0.15) is 0 Å². The molecule has 0 radical (unpaired) electrons. The van der Waals surface area contributed by atoms with Gasteiger partial charge in [-0.15, -0.1) is 0 Å². The van der Waals surface area contributed by atoms with E-state index >= 15 is 0 Å². The minimum absolute atomic E-state index is 0.0127. The second kappa shape index (κ2) is 8.54. The number of aliphatic hydroxyl groups is 1. The standard InChI is InChI=1S/C29H51BrO3Si/c1-26(2,3)34(6,7)33-19-12-14-27(4)22-13-15-28(5)21(10-11-24(28)30)20(22)18-29(31,23(27)17-19)25-9-8-16-32-25/h19-25,31H,8-18H2,1-7H3/t19-,20-,21-,22-,23?,24-,25?,27+,28-,29?/m0/s1. The van der Waals surface area contributed by atoms with Gasteiger partial charge in [-0.25, -0.2) is 0 Å². The van der Waals surface area contributed by atoms with E-state index in [-0.39, 0.29) is 22.7 Å². The highest BCUT2D eigenvalue weighted by Crippen LogP contribution is 2.69. The molecule has 4 aliphatic carbocycles. The molecule has 10 atom stereocenters. The lowest BCUT2D eigenvalue weighted by atomic mass is 9.41. The number of ether oxygens (including phenoxy) is 1. The Balaban J connectivity index is 1.48. The molecule has 1 heterocycles. The number of rotatable bonds is 3. The zero-order chi connectivity index (χ0) is 24.7. The van der Waals surface area contributed by atoms with E-state index in [0.29, 0.717) is 22.1 Å². The Morgan fingerprint density at radius 2 is 1.65 bits per heavy atom. The molecule has 3 nitrogen and oxygen atoms in total. The first kappa shape index (κ1) is 26.2. The highest BCUT2D eigenvalue weighted by Gasteiger charge is 2.67. The maximum Gasteiger partial charge on any atom is 0.192 e. The summed E-state index contributed by atoms with van der Waals surface area (Å²) in [6, 6.07) is 0. The van der Waals surface area contributed by atoms with Crippen molar-refractivity contribution in [3.63, 3.8) is 0 Å². The minimum Gasteiger partial charge on any atom is -0.414 e. The summed E-state index contributed by atoms with van der Waals surface area (Å²) in [4.78, 5) is 0.640. The Morgan fingerprint density at radius 1 is 0.971 bits per heavy atom. The van der Waals surface area contributed by atoms with Crippen LogP contribution in [-0.4, -0.2) is 42.7 Å². The molecule has 0 aromatic heterocycles. The third-order valence-corrected chi connectivity index (χ3v) is 18.4. The van der Waals surface area contributed by atoms with Gasteiger partial charge in [-0.05, 0) is 117 Å². The van der Waals surface area contributed by atoms with Crippen molar-refractivity contribution in [3.8, 4) is 0 Å². The molecular weight excluding hydrogens is 504 g/mol.